The Hall–Kier alpha value is -2.50. The van der Waals surface area contributed by atoms with Crippen LogP contribution in [0.4, 0.5) is 0 Å². The number of aromatic amines is 1. The molecule has 1 N–H and O–H groups in total. The molecule has 0 aliphatic rings. The first kappa shape index (κ1) is 14.1. The number of nitrogens with one attached hydrogen (secondary N) is 1. The first-order valence-electron chi connectivity index (χ1n) is 6.67. The van der Waals surface area contributed by atoms with E-state index in [4.69, 9.17) is 27.6 Å². The highest BCUT2D eigenvalue weighted by atomic mass is 35.5. The second-order valence-electron chi connectivity index (χ2n) is 4.99. The Bertz CT molecular complexity index is 1190. The summed E-state index contributed by atoms with van der Waals surface area (Å²) in [5.41, 5.74) is 0.242. The number of rotatable bonds is 1. The number of halogens is 2. The van der Waals surface area contributed by atoms with Crippen molar-refractivity contribution < 1.29 is 4.42 Å². The third-order valence-electron chi connectivity index (χ3n) is 3.54. The molecule has 2 heterocycles. The predicted octanol–water partition coefficient (Wildman–Crippen LogP) is 3.73. The van der Waals surface area contributed by atoms with Gasteiger partial charge in [0.15, 0.2) is 0 Å². The van der Waals surface area contributed by atoms with E-state index >= 15 is 0 Å². The molecular weight excluding hydrogens is 339 g/mol. The maximum Gasteiger partial charge on any atom is 0.333 e. The maximum atomic E-state index is 12.4. The van der Waals surface area contributed by atoms with Crippen LogP contribution >= 0.6 is 23.2 Å². The first-order valence-corrected chi connectivity index (χ1v) is 7.43. The lowest BCUT2D eigenvalue weighted by atomic mass is 10.2. The number of H-pyrrole nitrogens is 1. The van der Waals surface area contributed by atoms with Crippen LogP contribution in [0.1, 0.15) is 0 Å². The Morgan fingerprint density at radius 1 is 1.00 bits per heavy atom. The minimum Gasteiger partial charge on any atom is -0.449 e. The van der Waals surface area contributed by atoms with Crippen LogP contribution < -0.4 is 11.2 Å². The Morgan fingerprint density at radius 2 is 1.78 bits per heavy atom. The summed E-state index contributed by atoms with van der Waals surface area (Å²) in [6.07, 6.45) is 0. The number of hydrogen-bond acceptors (Lipinski definition) is 3. The molecule has 23 heavy (non-hydrogen) atoms. The predicted molar refractivity (Wildman–Crippen MR) is 90.0 cm³/mol. The molecule has 0 fully saturated rings. The Kier molecular flexibility index (Phi) is 3.07. The number of aromatic nitrogens is 2. The highest BCUT2D eigenvalue weighted by Gasteiger charge is 2.17. The fourth-order valence-electron chi connectivity index (χ4n) is 2.61. The van der Waals surface area contributed by atoms with Crippen molar-refractivity contribution in [2.75, 3.05) is 0 Å². The standard InChI is InChI=1S/C16H8Cl2N2O3/c17-8-2-1-3-10(6-8)20-13-11-7-9(18)4-5-12(11)23-14(13)15(21)19-16(20)22/h1-7H,(H,19,21,22). The summed E-state index contributed by atoms with van der Waals surface area (Å²) >= 11 is 12.1. The number of nitrogens with zero attached hydrogens (tertiary/aromatic N) is 1. The van der Waals surface area contributed by atoms with E-state index in [0.29, 0.717) is 32.2 Å². The topological polar surface area (TPSA) is 68.0 Å². The van der Waals surface area contributed by atoms with Crippen molar-refractivity contribution in [1.82, 2.24) is 9.55 Å². The SMILES string of the molecule is O=c1[nH]c(=O)n(-c2cccc(Cl)c2)c2c1oc1ccc(Cl)cc12. The molecule has 0 amide bonds. The Balaban J connectivity index is 2.27. The van der Waals surface area contributed by atoms with Crippen LogP contribution in [0.25, 0.3) is 27.8 Å². The van der Waals surface area contributed by atoms with Crippen molar-refractivity contribution in [2.45, 2.75) is 0 Å². The van der Waals surface area contributed by atoms with E-state index in [1.807, 2.05) is 0 Å². The highest BCUT2D eigenvalue weighted by Crippen LogP contribution is 2.29. The zero-order valence-corrected chi connectivity index (χ0v) is 13.0. The van der Waals surface area contributed by atoms with Gasteiger partial charge in [0.05, 0.1) is 5.69 Å². The highest BCUT2D eigenvalue weighted by molar-refractivity contribution is 6.31. The fraction of sp³-hybridized carbons (Fsp3) is 0. The number of fused-ring (bicyclic) bond motifs is 3. The zero-order valence-electron chi connectivity index (χ0n) is 11.5. The van der Waals surface area contributed by atoms with Crippen LogP contribution in [0, 0.1) is 0 Å². The molecule has 0 aliphatic heterocycles. The first-order chi connectivity index (χ1) is 11.0. The summed E-state index contributed by atoms with van der Waals surface area (Å²) in [5.74, 6) is 0. The van der Waals surface area contributed by atoms with Crippen molar-refractivity contribution in [1.29, 1.82) is 0 Å². The van der Waals surface area contributed by atoms with Gasteiger partial charge in [0, 0.05) is 15.4 Å². The third kappa shape index (κ3) is 2.17. The monoisotopic (exact) mass is 346 g/mol. The largest absolute Gasteiger partial charge is 0.449 e. The zero-order chi connectivity index (χ0) is 16.1. The van der Waals surface area contributed by atoms with Crippen LogP contribution in [0.15, 0.2) is 56.5 Å². The van der Waals surface area contributed by atoms with E-state index in [-0.39, 0.29) is 5.58 Å². The van der Waals surface area contributed by atoms with Crippen molar-refractivity contribution in [2.24, 2.45) is 0 Å². The molecule has 2 aromatic heterocycles. The van der Waals surface area contributed by atoms with E-state index in [2.05, 4.69) is 4.98 Å². The van der Waals surface area contributed by atoms with Gasteiger partial charge in [0.2, 0.25) is 5.58 Å². The molecule has 0 spiro atoms. The minimum atomic E-state index is -0.587. The fourth-order valence-corrected chi connectivity index (χ4v) is 2.96. The molecule has 2 aromatic carbocycles. The molecule has 0 saturated carbocycles. The van der Waals surface area contributed by atoms with Gasteiger partial charge < -0.3 is 4.42 Å². The Morgan fingerprint density at radius 3 is 2.57 bits per heavy atom. The molecule has 0 unspecified atom stereocenters. The summed E-state index contributed by atoms with van der Waals surface area (Å²) in [4.78, 5) is 26.7. The molecule has 0 radical (unpaired) electrons. The summed E-state index contributed by atoms with van der Waals surface area (Å²) in [6, 6.07) is 11.7. The normalized spacial score (nSPS) is 11.4. The van der Waals surface area contributed by atoms with Gasteiger partial charge >= 0.3 is 5.69 Å². The van der Waals surface area contributed by atoms with Gasteiger partial charge in [-0.1, -0.05) is 29.3 Å². The molecule has 114 valence electrons. The van der Waals surface area contributed by atoms with Gasteiger partial charge in [-0.15, -0.1) is 0 Å². The lowest BCUT2D eigenvalue weighted by molar-refractivity contribution is 0.658. The van der Waals surface area contributed by atoms with Crippen molar-refractivity contribution in [3.63, 3.8) is 0 Å². The van der Waals surface area contributed by atoms with Gasteiger partial charge in [-0.2, -0.15) is 0 Å². The summed E-state index contributed by atoms with van der Waals surface area (Å²) in [5, 5.41) is 1.53. The van der Waals surface area contributed by atoms with Crippen LogP contribution in [-0.2, 0) is 0 Å². The summed E-state index contributed by atoms with van der Waals surface area (Å²) < 4.78 is 6.94. The average Bonchev–Trinajstić information content (AvgIpc) is 2.87. The van der Waals surface area contributed by atoms with Gasteiger partial charge in [0.1, 0.15) is 11.1 Å². The summed E-state index contributed by atoms with van der Waals surface area (Å²) in [7, 11) is 0. The van der Waals surface area contributed by atoms with E-state index < -0.39 is 11.2 Å². The van der Waals surface area contributed by atoms with Crippen molar-refractivity contribution >= 4 is 45.3 Å². The molecule has 0 aliphatic carbocycles. The number of benzene rings is 2. The molecule has 5 nitrogen and oxygen atoms in total. The quantitative estimate of drug-likeness (QED) is 0.570. The van der Waals surface area contributed by atoms with Crippen LogP contribution in [0.2, 0.25) is 10.0 Å². The molecule has 4 aromatic rings. The molecule has 4 rings (SSSR count). The van der Waals surface area contributed by atoms with E-state index in [9.17, 15) is 9.59 Å². The lowest BCUT2D eigenvalue weighted by Crippen LogP contribution is -2.28. The Labute approximate surface area is 138 Å². The van der Waals surface area contributed by atoms with Gasteiger partial charge in [-0.25, -0.2) is 4.79 Å². The maximum absolute atomic E-state index is 12.4. The molecule has 7 heteroatoms. The smallest absolute Gasteiger partial charge is 0.333 e. The van der Waals surface area contributed by atoms with Crippen LogP contribution in [-0.4, -0.2) is 9.55 Å². The van der Waals surface area contributed by atoms with E-state index in [1.54, 1.807) is 42.5 Å². The second kappa shape index (κ2) is 5.01. The third-order valence-corrected chi connectivity index (χ3v) is 4.01. The molecular formula is C16H8Cl2N2O3. The average molecular weight is 347 g/mol. The number of furan rings is 1. The second-order valence-corrected chi connectivity index (χ2v) is 5.87. The van der Waals surface area contributed by atoms with E-state index in [1.165, 1.54) is 4.57 Å². The molecule has 0 atom stereocenters. The van der Waals surface area contributed by atoms with E-state index in [0.717, 1.165) is 0 Å². The van der Waals surface area contributed by atoms with Gasteiger partial charge in [-0.05, 0) is 36.4 Å². The van der Waals surface area contributed by atoms with Crippen LogP contribution in [0.3, 0.4) is 0 Å². The number of hydrogen-bond donors (Lipinski definition) is 1. The van der Waals surface area contributed by atoms with Gasteiger partial charge in [-0.3, -0.25) is 14.3 Å². The van der Waals surface area contributed by atoms with Crippen molar-refractivity contribution in [3.8, 4) is 5.69 Å². The van der Waals surface area contributed by atoms with Gasteiger partial charge in [0.25, 0.3) is 5.56 Å². The molecule has 0 bridgehead atoms. The minimum absolute atomic E-state index is 0.0573. The van der Waals surface area contributed by atoms with Crippen LogP contribution in [0.5, 0.6) is 0 Å². The van der Waals surface area contributed by atoms with Crippen molar-refractivity contribution in [3.05, 3.63) is 73.3 Å². The summed E-state index contributed by atoms with van der Waals surface area (Å²) in [6.45, 7) is 0. The molecule has 0 saturated heterocycles. The lowest BCUT2D eigenvalue weighted by Gasteiger charge is -2.07.